The van der Waals surface area contributed by atoms with E-state index in [2.05, 4.69) is 41.4 Å². The Morgan fingerprint density at radius 3 is 2.33 bits per heavy atom. The first-order valence-electron chi connectivity index (χ1n) is 13.8. The molecule has 8 nitrogen and oxygen atoms in total. The molecule has 0 saturated heterocycles. The maximum atomic E-state index is 5.75. The summed E-state index contributed by atoms with van der Waals surface area (Å²) in [7, 11) is 3.31. The molecule has 8 heteroatoms. The molecule has 208 valence electrons. The summed E-state index contributed by atoms with van der Waals surface area (Å²) in [4.78, 5) is 12.7. The minimum Gasteiger partial charge on any atom is -0.493 e. The summed E-state index contributed by atoms with van der Waals surface area (Å²) in [5, 5.41) is 8.59. The van der Waals surface area contributed by atoms with Crippen molar-refractivity contribution in [2.24, 2.45) is 9.98 Å². The SMILES string of the molecule is COc1ccc([C@H]2c3c(C)nn(-c4ccccc4)c3N=C3C(Nc4cccc(C)c4)=Nc4ccccc4N32)cc1OC. The summed E-state index contributed by atoms with van der Waals surface area (Å²) in [6.07, 6.45) is 0. The standard InChI is InChI=1S/C34H30N6O2/c1-21-11-10-12-24(19-21)35-32-34-37-33-30(22(2)38-40(33)25-13-6-5-7-14-25)31(23-17-18-28(41-3)29(20-23)42-4)39(34)27-16-9-8-15-26(27)36-32/h5-20,31H,1-4H3,(H,35,36)/t31-/m0/s1. The molecule has 0 bridgehead atoms. The largest absolute Gasteiger partial charge is 0.493 e. The van der Waals surface area contributed by atoms with Gasteiger partial charge in [0.05, 0.1) is 43.0 Å². The molecule has 1 N–H and O–H groups in total. The quantitative estimate of drug-likeness (QED) is 0.247. The van der Waals surface area contributed by atoms with Crippen LogP contribution in [0.1, 0.15) is 28.4 Å². The normalized spacial score (nSPS) is 15.1. The fourth-order valence-electron chi connectivity index (χ4n) is 5.74. The van der Waals surface area contributed by atoms with Crippen molar-refractivity contribution in [1.29, 1.82) is 0 Å². The molecular weight excluding hydrogens is 524 g/mol. The van der Waals surface area contributed by atoms with E-state index in [9.17, 15) is 0 Å². The van der Waals surface area contributed by atoms with E-state index in [4.69, 9.17) is 24.6 Å². The Morgan fingerprint density at radius 1 is 0.762 bits per heavy atom. The van der Waals surface area contributed by atoms with Crippen LogP contribution in [0.25, 0.3) is 5.69 Å². The second-order valence-electron chi connectivity index (χ2n) is 10.3. The fourth-order valence-corrected chi connectivity index (χ4v) is 5.74. The van der Waals surface area contributed by atoms with Crippen molar-refractivity contribution in [3.63, 3.8) is 0 Å². The number of aliphatic imine (C=N–C) groups is 2. The van der Waals surface area contributed by atoms with E-state index < -0.39 is 0 Å². The molecule has 4 aromatic carbocycles. The number of ether oxygens (including phenoxy) is 2. The molecule has 0 spiro atoms. The Labute approximate surface area is 244 Å². The molecule has 5 aromatic rings. The van der Waals surface area contributed by atoms with Gasteiger partial charge < -0.3 is 19.7 Å². The Bertz CT molecular complexity index is 1870. The van der Waals surface area contributed by atoms with Gasteiger partial charge in [0.15, 0.2) is 29.0 Å². The monoisotopic (exact) mass is 554 g/mol. The van der Waals surface area contributed by atoms with Crippen LogP contribution in [0.2, 0.25) is 0 Å². The Morgan fingerprint density at radius 2 is 1.55 bits per heavy atom. The lowest BCUT2D eigenvalue weighted by Gasteiger charge is -2.40. The maximum Gasteiger partial charge on any atom is 0.179 e. The number of rotatable bonds is 5. The number of methoxy groups -OCH3 is 2. The minimum absolute atomic E-state index is 0.268. The molecule has 0 unspecified atom stereocenters. The molecule has 42 heavy (non-hydrogen) atoms. The molecule has 2 aliphatic rings. The van der Waals surface area contributed by atoms with E-state index in [0.29, 0.717) is 23.2 Å². The van der Waals surface area contributed by atoms with Gasteiger partial charge in [-0.3, -0.25) is 0 Å². The summed E-state index contributed by atoms with van der Waals surface area (Å²) in [5.74, 6) is 3.47. The summed E-state index contributed by atoms with van der Waals surface area (Å²) < 4.78 is 13.3. The number of fused-ring (bicyclic) bond motifs is 4. The lowest BCUT2D eigenvalue weighted by Crippen LogP contribution is -2.46. The zero-order chi connectivity index (χ0) is 28.8. The van der Waals surface area contributed by atoms with Gasteiger partial charge in [0.2, 0.25) is 0 Å². The van der Waals surface area contributed by atoms with E-state index in [0.717, 1.165) is 51.0 Å². The van der Waals surface area contributed by atoms with Gasteiger partial charge in [-0.1, -0.05) is 48.5 Å². The van der Waals surface area contributed by atoms with E-state index >= 15 is 0 Å². The van der Waals surface area contributed by atoms with Gasteiger partial charge in [0.1, 0.15) is 0 Å². The first-order valence-corrected chi connectivity index (χ1v) is 13.8. The number of para-hydroxylation sites is 3. The molecule has 0 aliphatic carbocycles. The lowest BCUT2D eigenvalue weighted by atomic mass is 9.93. The lowest BCUT2D eigenvalue weighted by molar-refractivity contribution is 0.354. The van der Waals surface area contributed by atoms with Gasteiger partial charge in [-0.05, 0) is 73.5 Å². The highest BCUT2D eigenvalue weighted by Gasteiger charge is 2.41. The van der Waals surface area contributed by atoms with E-state index in [1.54, 1.807) is 14.2 Å². The van der Waals surface area contributed by atoms with Crippen LogP contribution in [0, 0.1) is 13.8 Å². The summed E-state index contributed by atoms with van der Waals surface area (Å²) in [6.45, 7) is 4.12. The van der Waals surface area contributed by atoms with Gasteiger partial charge in [0, 0.05) is 11.3 Å². The van der Waals surface area contributed by atoms with Crippen molar-refractivity contribution in [2.75, 3.05) is 24.4 Å². The zero-order valence-corrected chi connectivity index (χ0v) is 23.9. The number of aromatic nitrogens is 2. The van der Waals surface area contributed by atoms with Crippen LogP contribution in [-0.4, -0.2) is 35.7 Å². The topological polar surface area (TPSA) is 76.3 Å². The summed E-state index contributed by atoms with van der Waals surface area (Å²) in [6, 6.07) is 32.3. The third-order valence-corrected chi connectivity index (χ3v) is 7.64. The predicted molar refractivity (Wildman–Crippen MR) is 168 cm³/mol. The Hall–Kier alpha value is -5.37. The number of benzene rings is 4. The van der Waals surface area contributed by atoms with E-state index in [-0.39, 0.29) is 6.04 Å². The first kappa shape index (κ1) is 25.6. The molecule has 1 atom stereocenters. The number of anilines is 2. The van der Waals surface area contributed by atoms with Crippen molar-refractivity contribution >= 4 is 34.6 Å². The molecule has 2 aliphatic heterocycles. The van der Waals surface area contributed by atoms with Gasteiger partial charge >= 0.3 is 0 Å². The van der Waals surface area contributed by atoms with Gasteiger partial charge in [0.25, 0.3) is 0 Å². The molecule has 0 fully saturated rings. The number of hydrogen-bond donors (Lipinski definition) is 1. The third kappa shape index (κ3) is 4.19. The van der Waals surface area contributed by atoms with E-state index in [1.807, 2.05) is 84.4 Å². The molecular formula is C34H30N6O2. The van der Waals surface area contributed by atoms with Crippen LogP contribution in [-0.2, 0) is 0 Å². The summed E-state index contributed by atoms with van der Waals surface area (Å²) in [5.41, 5.74) is 7.78. The number of nitrogens with zero attached hydrogens (tertiary/aromatic N) is 5. The number of hydrogen-bond acceptors (Lipinski definition) is 7. The molecule has 0 radical (unpaired) electrons. The highest BCUT2D eigenvalue weighted by Crippen LogP contribution is 2.49. The second-order valence-corrected chi connectivity index (χ2v) is 10.3. The highest BCUT2D eigenvalue weighted by molar-refractivity contribution is 6.51. The maximum absolute atomic E-state index is 5.75. The van der Waals surface area contributed by atoms with Crippen LogP contribution in [0.5, 0.6) is 11.5 Å². The number of aryl methyl sites for hydroxylation is 2. The average Bonchev–Trinajstić information content (AvgIpc) is 3.36. The van der Waals surface area contributed by atoms with Crippen LogP contribution in [0.4, 0.5) is 22.9 Å². The molecule has 3 heterocycles. The van der Waals surface area contributed by atoms with Crippen molar-refractivity contribution in [2.45, 2.75) is 19.9 Å². The van der Waals surface area contributed by atoms with Crippen LogP contribution >= 0.6 is 0 Å². The smallest absolute Gasteiger partial charge is 0.179 e. The minimum atomic E-state index is -0.268. The van der Waals surface area contributed by atoms with Crippen LogP contribution in [0.15, 0.2) is 107 Å². The number of amidine groups is 2. The van der Waals surface area contributed by atoms with Crippen molar-refractivity contribution in [3.05, 3.63) is 119 Å². The fraction of sp³-hybridized carbons (Fsp3) is 0.147. The Kier molecular flexibility index (Phi) is 6.23. The van der Waals surface area contributed by atoms with Crippen LogP contribution < -0.4 is 19.7 Å². The zero-order valence-electron chi connectivity index (χ0n) is 23.9. The van der Waals surface area contributed by atoms with E-state index in [1.165, 1.54) is 0 Å². The Balaban J connectivity index is 1.50. The van der Waals surface area contributed by atoms with Gasteiger partial charge in [-0.25, -0.2) is 14.7 Å². The molecule has 0 saturated carbocycles. The van der Waals surface area contributed by atoms with Crippen molar-refractivity contribution < 1.29 is 9.47 Å². The molecule has 1 aromatic heterocycles. The highest BCUT2D eigenvalue weighted by atomic mass is 16.5. The third-order valence-electron chi connectivity index (χ3n) is 7.64. The van der Waals surface area contributed by atoms with Crippen molar-refractivity contribution in [3.8, 4) is 17.2 Å². The summed E-state index contributed by atoms with van der Waals surface area (Å²) >= 11 is 0. The second kappa shape index (κ2) is 10.2. The molecule has 7 rings (SSSR count). The van der Waals surface area contributed by atoms with Crippen LogP contribution in [0.3, 0.4) is 0 Å². The van der Waals surface area contributed by atoms with Gasteiger partial charge in [-0.15, -0.1) is 0 Å². The van der Waals surface area contributed by atoms with Gasteiger partial charge in [-0.2, -0.15) is 5.10 Å². The number of nitrogens with one attached hydrogen (secondary N) is 1. The predicted octanol–water partition coefficient (Wildman–Crippen LogP) is 7.30. The molecule has 0 amide bonds. The first-order chi connectivity index (χ1) is 20.6. The van der Waals surface area contributed by atoms with Crippen molar-refractivity contribution in [1.82, 2.24) is 9.78 Å². The average molecular weight is 555 g/mol.